The van der Waals surface area contributed by atoms with Crippen LogP contribution in [-0.2, 0) is 10.2 Å². The summed E-state index contributed by atoms with van der Waals surface area (Å²) in [5.74, 6) is -0.272. The van der Waals surface area contributed by atoms with Crippen LogP contribution in [0.15, 0.2) is 48.5 Å². The Bertz CT molecular complexity index is 1120. The smallest absolute Gasteiger partial charge is 0.254 e. The first-order chi connectivity index (χ1) is 16.1. The van der Waals surface area contributed by atoms with Crippen molar-refractivity contribution in [3.63, 3.8) is 0 Å². The van der Waals surface area contributed by atoms with Gasteiger partial charge in [0.05, 0.1) is 0 Å². The van der Waals surface area contributed by atoms with Crippen LogP contribution in [0.4, 0.5) is 5.13 Å². The number of aromatic nitrogens is 2. The number of amides is 2. The second-order valence-corrected chi connectivity index (χ2v) is 10.7. The van der Waals surface area contributed by atoms with Gasteiger partial charge in [0, 0.05) is 35.2 Å². The molecule has 1 atom stereocenters. The van der Waals surface area contributed by atoms with Crippen LogP contribution >= 0.6 is 22.9 Å². The lowest BCUT2D eigenvalue weighted by atomic mass is 9.86. The molecule has 0 aliphatic rings. The molecular weight excluding hydrogens is 468 g/mol. The topological polar surface area (TPSA) is 75.2 Å². The molecule has 1 aromatic heterocycles. The molecule has 0 aliphatic heterocycles. The van der Waals surface area contributed by atoms with Gasteiger partial charge in [0.2, 0.25) is 11.0 Å². The highest BCUT2D eigenvalue weighted by Crippen LogP contribution is 2.27. The number of benzene rings is 2. The summed E-state index contributed by atoms with van der Waals surface area (Å²) in [4.78, 5) is 27.6. The Balaban J connectivity index is 1.63. The van der Waals surface area contributed by atoms with Crippen LogP contribution < -0.4 is 5.32 Å². The zero-order valence-electron chi connectivity index (χ0n) is 20.3. The van der Waals surface area contributed by atoms with E-state index in [0.717, 1.165) is 12.0 Å². The molecule has 1 N–H and O–H groups in total. The van der Waals surface area contributed by atoms with Gasteiger partial charge in [-0.05, 0) is 48.6 Å². The number of halogens is 1. The number of rotatable bonds is 8. The standard InChI is InChI=1S/C26H31ClN4O2S/c1-6-17(2)31(24(33)19-7-11-20(12-8-19)26(3,4)5)16-15-22(32)28-25-30-29-23(34-25)18-9-13-21(27)14-10-18/h7-14,17H,6,15-16H2,1-5H3,(H,28,30,32). The Morgan fingerprint density at radius 2 is 1.71 bits per heavy atom. The minimum atomic E-state index is -0.206. The highest BCUT2D eigenvalue weighted by atomic mass is 35.5. The van der Waals surface area contributed by atoms with E-state index in [-0.39, 0.29) is 29.7 Å². The zero-order chi connectivity index (χ0) is 24.9. The van der Waals surface area contributed by atoms with Crippen molar-refractivity contribution in [3.05, 3.63) is 64.7 Å². The predicted octanol–water partition coefficient (Wildman–Crippen LogP) is 6.43. The number of nitrogens with one attached hydrogen (secondary N) is 1. The molecule has 0 fully saturated rings. The second kappa shape index (κ2) is 11.1. The van der Waals surface area contributed by atoms with Crippen LogP contribution in [0, 0.1) is 0 Å². The van der Waals surface area contributed by atoms with Gasteiger partial charge in [-0.2, -0.15) is 0 Å². The van der Waals surface area contributed by atoms with E-state index < -0.39 is 0 Å². The molecule has 6 nitrogen and oxygen atoms in total. The third-order valence-corrected chi connectivity index (χ3v) is 6.86. The highest BCUT2D eigenvalue weighted by molar-refractivity contribution is 7.18. The average Bonchev–Trinajstić information content (AvgIpc) is 3.27. The van der Waals surface area contributed by atoms with Gasteiger partial charge in [0.1, 0.15) is 5.01 Å². The third kappa shape index (κ3) is 6.64. The van der Waals surface area contributed by atoms with Crippen LogP contribution in [0.1, 0.15) is 63.4 Å². The summed E-state index contributed by atoms with van der Waals surface area (Å²) in [6.07, 6.45) is 0.973. The Hall–Kier alpha value is -2.77. The fourth-order valence-electron chi connectivity index (χ4n) is 3.41. The largest absolute Gasteiger partial charge is 0.335 e. The van der Waals surface area contributed by atoms with Gasteiger partial charge in [-0.25, -0.2) is 0 Å². The number of carbonyl (C=O) groups is 2. The lowest BCUT2D eigenvalue weighted by molar-refractivity contribution is -0.116. The summed E-state index contributed by atoms with van der Waals surface area (Å²) in [5, 5.41) is 12.8. The van der Waals surface area contributed by atoms with E-state index in [1.54, 1.807) is 17.0 Å². The SMILES string of the molecule is CCC(C)N(CCC(=O)Nc1nnc(-c2ccc(Cl)cc2)s1)C(=O)c1ccc(C(C)(C)C)cc1. The van der Waals surface area contributed by atoms with Crippen LogP contribution in [0.5, 0.6) is 0 Å². The Kier molecular flexibility index (Phi) is 8.44. The van der Waals surface area contributed by atoms with E-state index in [0.29, 0.717) is 27.3 Å². The molecule has 0 saturated heterocycles. The molecule has 8 heteroatoms. The maximum atomic E-state index is 13.2. The third-order valence-electron chi connectivity index (χ3n) is 5.72. The molecule has 0 saturated carbocycles. The van der Waals surface area contributed by atoms with Crippen molar-refractivity contribution in [3.8, 4) is 10.6 Å². The number of carbonyl (C=O) groups excluding carboxylic acids is 2. The molecule has 180 valence electrons. The molecule has 1 heterocycles. The van der Waals surface area contributed by atoms with E-state index >= 15 is 0 Å². The van der Waals surface area contributed by atoms with Crippen molar-refractivity contribution in [2.45, 2.75) is 58.9 Å². The number of hydrogen-bond donors (Lipinski definition) is 1. The van der Waals surface area contributed by atoms with Gasteiger partial charge in [0.25, 0.3) is 5.91 Å². The van der Waals surface area contributed by atoms with Crippen molar-refractivity contribution >= 4 is 39.9 Å². The molecule has 34 heavy (non-hydrogen) atoms. The van der Waals surface area contributed by atoms with E-state index in [4.69, 9.17) is 11.6 Å². The van der Waals surface area contributed by atoms with E-state index in [1.807, 2.05) is 50.2 Å². The summed E-state index contributed by atoms with van der Waals surface area (Å²) in [5.41, 5.74) is 2.71. The monoisotopic (exact) mass is 498 g/mol. The van der Waals surface area contributed by atoms with Crippen molar-refractivity contribution in [1.29, 1.82) is 0 Å². The minimum Gasteiger partial charge on any atom is -0.335 e. The lowest BCUT2D eigenvalue weighted by Gasteiger charge is -2.29. The summed E-state index contributed by atoms with van der Waals surface area (Å²) >= 11 is 7.23. The fraction of sp³-hybridized carbons (Fsp3) is 0.385. The van der Waals surface area contributed by atoms with Crippen molar-refractivity contribution < 1.29 is 9.59 Å². The normalized spacial score (nSPS) is 12.3. The number of nitrogens with zero attached hydrogens (tertiary/aromatic N) is 3. The maximum absolute atomic E-state index is 13.2. The van der Waals surface area contributed by atoms with E-state index in [2.05, 4.69) is 36.3 Å². The van der Waals surface area contributed by atoms with Gasteiger partial charge in [-0.1, -0.05) is 74.9 Å². The van der Waals surface area contributed by atoms with Crippen molar-refractivity contribution in [1.82, 2.24) is 15.1 Å². The molecule has 0 bridgehead atoms. The van der Waals surface area contributed by atoms with Gasteiger partial charge in [-0.3, -0.25) is 9.59 Å². The second-order valence-electron chi connectivity index (χ2n) is 9.30. The van der Waals surface area contributed by atoms with Gasteiger partial charge in [0.15, 0.2) is 0 Å². The minimum absolute atomic E-state index is 0.0145. The Morgan fingerprint density at radius 1 is 1.06 bits per heavy atom. The van der Waals surface area contributed by atoms with E-state index in [9.17, 15) is 9.59 Å². The van der Waals surface area contributed by atoms with Crippen molar-refractivity contribution in [2.24, 2.45) is 0 Å². The van der Waals surface area contributed by atoms with Gasteiger partial charge in [-0.15, -0.1) is 10.2 Å². The molecule has 1 unspecified atom stereocenters. The molecule has 0 spiro atoms. The van der Waals surface area contributed by atoms with Gasteiger partial charge < -0.3 is 10.2 Å². The van der Waals surface area contributed by atoms with Crippen LogP contribution in [-0.4, -0.2) is 39.5 Å². The summed E-state index contributed by atoms with van der Waals surface area (Å²) < 4.78 is 0. The highest BCUT2D eigenvalue weighted by Gasteiger charge is 2.22. The number of anilines is 1. The average molecular weight is 499 g/mol. The van der Waals surface area contributed by atoms with E-state index in [1.165, 1.54) is 16.9 Å². The summed E-state index contributed by atoms with van der Waals surface area (Å²) in [7, 11) is 0. The summed E-state index contributed by atoms with van der Waals surface area (Å²) in [6, 6.07) is 15.1. The van der Waals surface area contributed by atoms with Crippen molar-refractivity contribution in [2.75, 3.05) is 11.9 Å². The fourth-order valence-corrected chi connectivity index (χ4v) is 4.30. The first-order valence-corrected chi connectivity index (χ1v) is 12.6. The van der Waals surface area contributed by atoms with Crippen LogP contribution in [0.3, 0.4) is 0 Å². The molecule has 3 rings (SSSR count). The lowest BCUT2D eigenvalue weighted by Crippen LogP contribution is -2.40. The zero-order valence-corrected chi connectivity index (χ0v) is 21.8. The van der Waals surface area contributed by atoms with Gasteiger partial charge >= 0.3 is 0 Å². The molecule has 0 radical (unpaired) electrons. The molecule has 0 aliphatic carbocycles. The predicted molar refractivity (Wildman–Crippen MR) is 140 cm³/mol. The van der Waals surface area contributed by atoms with Crippen LogP contribution in [0.2, 0.25) is 5.02 Å². The summed E-state index contributed by atoms with van der Waals surface area (Å²) in [6.45, 7) is 10.8. The maximum Gasteiger partial charge on any atom is 0.254 e. The molecule has 2 amide bonds. The number of hydrogen-bond acceptors (Lipinski definition) is 5. The first kappa shape index (κ1) is 25.8. The molecule has 2 aromatic carbocycles. The quantitative estimate of drug-likeness (QED) is 0.388. The Labute approximate surface area is 210 Å². The first-order valence-electron chi connectivity index (χ1n) is 11.4. The Morgan fingerprint density at radius 3 is 2.29 bits per heavy atom. The molecule has 3 aromatic rings. The molecular formula is C26H31ClN4O2S. The van der Waals surface area contributed by atoms with Crippen LogP contribution in [0.25, 0.3) is 10.6 Å².